The molecule has 4 nitrogen and oxygen atoms in total. The molecule has 1 amide bonds. The average Bonchev–Trinajstić information content (AvgIpc) is 3.00. The minimum atomic E-state index is -0.621. The lowest BCUT2D eigenvalue weighted by Crippen LogP contribution is -2.39. The van der Waals surface area contributed by atoms with Gasteiger partial charge in [0.05, 0.1) is 11.1 Å². The quantitative estimate of drug-likeness (QED) is 0.877. The maximum Gasteiger partial charge on any atom is 0.231 e. The second-order valence-electron chi connectivity index (χ2n) is 5.93. The molecular formula is C16H24FN3O. The summed E-state index contributed by atoms with van der Waals surface area (Å²) in [5.41, 5.74) is 6.14. The highest BCUT2D eigenvalue weighted by Crippen LogP contribution is 2.27. The summed E-state index contributed by atoms with van der Waals surface area (Å²) in [5, 5.41) is 2.77. The number of amides is 1. The van der Waals surface area contributed by atoms with Crippen LogP contribution in [0.25, 0.3) is 0 Å². The minimum absolute atomic E-state index is 0.166. The van der Waals surface area contributed by atoms with Gasteiger partial charge in [0.15, 0.2) is 0 Å². The predicted octanol–water partition coefficient (Wildman–Crippen LogP) is 2.74. The molecule has 1 aromatic rings. The molecule has 0 spiro atoms. The fourth-order valence-electron chi connectivity index (χ4n) is 2.48. The topological polar surface area (TPSA) is 58.4 Å². The average molecular weight is 293 g/mol. The third-order valence-corrected chi connectivity index (χ3v) is 4.43. The second kappa shape index (κ2) is 6.43. The highest BCUT2D eigenvalue weighted by Gasteiger charge is 2.29. The van der Waals surface area contributed by atoms with Crippen molar-refractivity contribution in [1.82, 2.24) is 0 Å². The van der Waals surface area contributed by atoms with Crippen molar-refractivity contribution >= 4 is 17.3 Å². The highest BCUT2D eigenvalue weighted by molar-refractivity contribution is 5.95. The van der Waals surface area contributed by atoms with Crippen LogP contribution in [0.3, 0.4) is 0 Å². The van der Waals surface area contributed by atoms with E-state index in [-0.39, 0.29) is 18.3 Å². The van der Waals surface area contributed by atoms with Crippen LogP contribution in [0, 0.1) is 11.2 Å². The van der Waals surface area contributed by atoms with Crippen molar-refractivity contribution < 1.29 is 9.18 Å². The molecule has 0 aromatic heterocycles. The molecule has 3 N–H and O–H groups in total. The Balaban J connectivity index is 2.11. The van der Waals surface area contributed by atoms with E-state index in [0.29, 0.717) is 17.8 Å². The number of anilines is 2. The van der Waals surface area contributed by atoms with Crippen LogP contribution in [0.1, 0.15) is 33.1 Å². The number of nitrogens with zero attached hydrogens (tertiary/aromatic N) is 1. The zero-order valence-electron chi connectivity index (χ0n) is 12.8. The summed E-state index contributed by atoms with van der Waals surface area (Å²) in [4.78, 5) is 14.3. The maximum absolute atomic E-state index is 14.2. The number of carbonyl (C=O) groups is 1. The molecule has 21 heavy (non-hydrogen) atoms. The van der Waals surface area contributed by atoms with E-state index in [9.17, 15) is 9.18 Å². The van der Waals surface area contributed by atoms with Crippen LogP contribution < -0.4 is 16.0 Å². The van der Waals surface area contributed by atoms with Crippen LogP contribution >= 0.6 is 0 Å². The van der Waals surface area contributed by atoms with E-state index in [1.807, 2.05) is 18.7 Å². The first-order valence-electron chi connectivity index (χ1n) is 7.56. The Kier molecular flexibility index (Phi) is 4.83. The molecule has 1 heterocycles. The molecule has 1 fully saturated rings. The van der Waals surface area contributed by atoms with Gasteiger partial charge in [0, 0.05) is 25.3 Å². The van der Waals surface area contributed by atoms with Gasteiger partial charge in [-0.05, 0) is 44.4 Å². The second-order valence-corrected chi connectivity index (χ2v) is 5.93. The van der Waals surface area contributed by atoms with Crippen molar-refractivity contribution in [2.24, 2.45) is 11.1 Å². The number of rotatable bonds is 5. The van der Waals surface area contributed by atoms with E-state index in [0.717, 1.165) is 25.9 Å². The number of nitrogens with two attached hydrogens (primary N) is 1. The van der Waals surface area contributed by atoms with Gasteiger partial charge in [0.1, 0.15) is 5.82 Å². The molecule has 0 radical (unpaired) electrons. The number of benzene rings is 1. The van der Waals surface area contributed by atoms with Gasteiger partial charge < -0.3 is 16.0 Å². The van der Waals surface area contributed by atoms with Crippen molar-refractivity contribution in [3.63, 3.8) is 0 Å². The fraction of sp³-hybridized carbons (Fsp3) is 0.562. The number of hydrogen-bond donors (Lipinski definition) is 2. The summed E-state index contributed by atoms with van der Waals surface area (Å²) in [7, 11) is 0. The van der Waals surface area contributed by atoms with Crippen molar-refractivity contribution in [3.8, 4) is 0 Å². The molecule has 1 saturated heterocycles. The van der Waals surface area contributed by atoms with Gasteiger partial charge in [0.25, 0.3) is 0 Å². The summed E-state index contributed by atoms with van der Waals surface area (Å²) >= 11 is 0. The van der Waals surface area contributed by atoms with Gasteiger partial charge in [0.2, 0.25) is 5.91 Å². The minimum Gasteiger partial charge on any atom is -0.369 e. The number of carbonyl (C=O) groups excluding carboxylic acids is 1. The van der Waals surface area contributed by atoms with E-state index in [4.69, 9.17) is 5.73 Å². The van der Waals surface area contributed by atoms with Gasteiger partial charge in [-0.1, -0.05) is 6.92 Å². The van der Waals surface area contributed by atoms with Crippen LogP contribution in [-0.4, -0.2) is 25.5 Å². The number of hydrogen-bond acceptors (Lipinski definition) is 3. The van der Waals surface area contributed by atoms with E-state index in [2.05, 4.69) is 5.32 Å². The molecule has 2 rings (SSSR count). The molecular weight excluding hydrogens is 269 g/mol. The van der Waals surface area contributed by atoms with Crippen LogP contribution in [0.2, 0.25) is 0 Å². The molecule has 116 valence electrons. The Hall–Kier alpha value is -1.62. The predicted molar refractivity (Wildman–Crippen MR) is 83.9 cm³/mol. The molecule has 1 aliphatic heterocycles. The van der Waals surface area contributed by atoms with Gasteiger partial charge in [-0.2, -0.15) is 0 Å². The first-order valence-corrected chi connectivity index (χ1v) is 7.56. The van der Waals surface area contributed by atoms with Crippen LogP contribution in [0.4, 0.5) is 15.8 Å². The van der Waals surface area contributed by atoms with Crippen LogP contribution in [-0.2, 0) is 4.79 Å². The molecule has 5 heteroatoms. The molecule has 1 atom stereocenters. The van der Waals surface area contributed by atoms with Crippen LogP contribution in [0.5, 0.6) is 0 Å². The van der Waals surface area contributed by atoms with Crippen LogP contribution in [0.15, 0.2) is 18.2 Å². The summed E-state index contributed by atoms with van der Waals surface area (Å²) in [6, 6.07) is 4.88. The lowest BCUT2D eigenvalue weighted by Gasteiger charge is -2.25. The van der Waals surface area contributed by atoms with E-state index >= 15 is 0 Å². The van der Waals surface area contributed by atoms with Crippen molar-refractivity contribution in [2.45, 2.75) is 33.1 Å². The smallest absolute Gasteiger partial charge is 0.231 e. The normalized spacial score (nSPS) is 17.6. The molecule has 1 aromatic carbocycles. The number of halogens is 1. The van der Waals surface area contributed by atoms with E-state index in [1.54, 1.807) is 12.1 Å². The molecule has 0 aliphatic carbocycles. The van der Waals surface area contributed by atoms with E-state index in [1.165, 1.54) is 6.07 Å². The summed E-state index contributed by atoms with van der Waals surface area (Å²) in [6.45, 7) is 5.79. The third-order valence-electron chi connectivity index (χ3n) is 4.43. The lowest BCUT2D eigenvalue weighted by atomic mass is 9.86. The molecule has 1 aliphatic rings. The molecule has 0 saturated carbocycles. The largest absolute Gasteiger partial charge is 0.369 e. The fourth-order valence-corrected chi connectivity index (χ4v) is 2.48. The maximum atomic E-state index is 14.2. The standard InChI is InChI=1S/C16H24FN3O/c1-3-16(2,11-18)15(21)19-12-6-7-14(13(17)10-12)20-8-4-5-9-20/h6-7,10H,3-5,8-9,11,18H2,1-2H3,(H,19,21). The molecule has 0 bridgehead atoms. The first kappa shape index (κ1) is 15.8. The Morgan fingerprint density at radius 3 is 2.62 bits per heavy atom. The van der Waals surface area contributed by atoms with Gasteiger partial charge in [-0.25, -0.2) is 4.39 Å². The summed E-state index contributed by atoms with van der Waals surface area (Å²) < 4.78 is 14.2. The Bertz CT molecular complexity index is 508. The van der Waals surface area contributed by atoms with Crippen molar-refractivity contribution in [1.29, 1.82) is 0 Å². The van der Waals surface area contributed by atoms with Crippen molar-refractivity contribution in [2.75, 3.05) is 29.9 Å². The lowest BCUT2D eigenvalue weighted by molar-refractivity contribution is -0.124. The van der Waals surface area contributed by atoms with Crippen molar-refractivity contribution in [3.05, 3.63) is 24.0 Å². The van der Waals surface area contributed by atoms with E-state index < -0.39 is 5.41 Å². The SMILES string of the molecule is CCC(C)(CN)C(=O)Nc1ccc(N2CCCC2)c(F)c1. The third kappa shape index (κ3) is 3.35. The van der Waals surface area contributed by atoms with Gasteiger partial charge in [-0.3, -0.25) is 4.79 Å². The van der Waals surface area contributed by atoms with Gasteiger partial charge >= 0.3 is 0 Å². The summed E-state index contributed by atoms with van der Waals surface area (Å²) in [5.74, 6) is -0.457. The zero-order chi connectivity index (χ0) is 15.5. The summed E-state index contributed by atoms with van der Waals surface area (Å²) in [6.07, 6.45) is 2.84. The Labute approximate surface area is 125 Å². The Morgan fingerprint density at radius 1 is 1.43 bits per heavy atom. The monoisotopic (exact) mass is 293 g/mol. The highest BCUT2D eigenvalue weighted by atomic mass is 19.1. The zero-order valence-corrected chi connectivity index (χ0v) is 12.8. The first-order chi connectivity index (χ1) is 10.00. The molecule has 1 unspecified atom stereocenters. The van der Waals surface area contributed by atoms with Gasteiger partial charge in [-0.15, -0.1) is 0 Å². The number of nitrogens with one attached hydrogen (secondary N) is 1. The Morgan fingerprint density at radius 2 is 2.10 bits per heavy atom.